The minimum absolute atomic E-state index is 0.0485. The topological polar surface area (TPSA) is 105 Å². The summed E-state index contributed by atoms with van der Waals surface area (Å²) in [4.78, 5) is 25.9. The lowest BCUT2D eigenvalue weighted by atomic mass is 10.1. The largest absolute Gasteiger partial charge is 0.477 e. The predicted molar refractivity (Wildman–Crippen MR) is 152 cm³/mol. The molecule has 0 saturated heterocycles. The molecule has 1 N–H and O–H groups in total. The van der Waals surface area contributed by atoms with Gasteiger partial charge in [-0.2, -0.15) is 13.2 Å². The highest BCUT2D eigenvalue weighted by Gasteiger charge is 2.37. The van der Waals surface area contributed by atoms with Crippen LogP contribution in [0.3, 0.4) is 0 Å². The van der Waals surface area contributed by atoms with Crippen LogP contribution in [-0.2, 0) is 31.0 Å². The first-order valence-electron chi connectivity index (χ1n) is 13.0. The van der Waals surface area contributed by atoms with Gasteiger partial charge in [0.05, 0.1) is 22.3 Å². The third-order valence-electron chi connectivity index (χ3n) is 5.29. The van der Waals surface area contributed by atoms with Crippen molar-refractivity contribution in [1.82, 2.24) is 4.57 Å². The molecule has 9 nitrogen and oxygen atoms in total. The van der Waals surface area contributed by atoms with Gasteiger partial charge >= 0.3 is 14.0 Å². The van der Waals surface area contributed by atoms with E-state index in [2.05, 4.69) is 5.32 Å². The summed E-state index contributed by atoms with van der Waals surface area (Å²) in [5.74, 6) is -1.64. The van der Waals surface area contributed by atoms with Crippen LogP contribution in [-0.4, -0.2) is 21.7 Å². The Balaban J connectivity index is 1.85. The molecule has 234 valence electrons. The van der Waals surface area contributed by atoms with Crippen LogP contribution in [0.1, 0.15) is 63.0 Å². The molecule has 0 aliphatic heterocycles. The summed E-state index contributed by atoms with van der Waals surface area (Å²) in [6, 6.07) is 8.19. The van der Waals surface area contributed by atoms with Gasteiger partial charge in [0.2, 0.25) is 0 Å². The SMILES string of the molecule is Cc1cc(F)ccc1Oc1ccc(C(F)(F)F)cc1C(=O)Nc1ccn(COP(=O)(OC(C)(C)C)OC(C)(C)C)c(=O)c1. The number of anilines is 1. The molecule has 0 radical (unpaired) electrons. The Morgan fingerprint density at radius 2 is 1.51 bits per heavy atom. The van der Waals surface area contributed by atoms with Gasteiger partial charge in [-0.25, -0.2) is 8.96 Å². The summed E-state index contributed by atoms with van der Waals surface area (Å²) in [5.41, 5.74) is -3.78. The predicted octanol–water partition coefficient (Wildman–Crippen LogP) is 8.07. The van der Waals surface area contributed by atoms with Crippen LogP contribution in [0.15, 0.2) is 59.5 Å². The van der Waals surface area contributed by atoms with Gasteiger partial charge in [0.15, 0.2) is 0 Å². The third kappa shape index (κ3) is 10.0. The Bertz CT molecular complexity index is 1570. The number of pyridine rings is 1. The van der Waals surface area contributed by atoms with Crippen molar-refractivity contribution in [2.45, 2.75) is 72.6 Å². The van der Waals surface area contributed by atoms with Crippen LogP contribution >= 0.6 is 7.82 Å². The van der Waals surface area contributed by atoms with E-state index >= 15 is 0 Å². The number of ether oxygens (including phenoxy) is 1. The molecule has 0 unspecified atom stereocenters. The second-order valence-corrected chi connectivity index (χ2v) is 13.0. The normalized spacial score (nSPS) is 12.7. The molecule has 0 spiro atoms. The number of phosphoric acid groups is 1. The number of aryl methyl sites for hydroxylation is 1. The summed E-state index contributed by atoms with van der Waals surface area (Å²) < 4.78 is 90.3. The van der Waals surface area contributed by atoms with Crippen molar-refractivity contribution in [1.29, 1.82) is 0 Å². The van der Waals surface area contributed by atoms with E-state index in [0.29, 0.717) is 11.6 Å². The molecule has 0 atom stereocenters. The van der Waals surface area contributed by atoms with E-state index in [9.17, 15) is 31.7 Å². The number of amides is 1. The maximum Gasteiger partial charge on any atom is 0.477 e. The average Bonchev–Trinajstić information content (AvgIpc) is 2.82. The zero-order chi connectivity index (χ0) is 32.4. The van der Waals surface area contributed by atoms with Crippen molar-refractivity contribution in [2.75, 3.05) is 5.32 Å². The summed E-state index contributed by atoms with van der Waals surface area (Å²) in [6.45, 7) is 10.9. The molecule has 3 aromatic rings. The Morgan fingerprint density at radius 3 is 2.05 bits per heavy atom. The molecule has 0 aliphatic carbocycles. The van der Waals surface area contributed by atoms with Crippen molar-refractivity contribution in [2.24, 2.45) is 0 Å². The van der Waals surface area contributed by atoms with E-state index in [0.717, 1.165) is 28.8 Å². The van der Waals surface area contributed by atoms with Gasteiger partial charge in [-0.1, -0.05) is 0 Å². The van der Waals surface area contributed by atoms with Crippen LogP contribution in [0.2, 0.25) is 0 Å². The van der Waals surface area contributed by atoms with Gasteiger partial charge in [0.25, 0.3) is 11.5 Å². The second kappa shape index (κ2) is 12.6. The molecular formula is C29H33F4N2O7P. The lowest BCUT2D eigenvalue weighted by molar-refractivity contribution is -0.137. The fraction of sp³-hybridized carbons (Fsp3) is 0.379. The van der Waals surface area contributed by atoms with Crippen LogP contribution in [0.4, 0.5) is 23.2 Å². The standard InChI is InChI=1S/C29H33F4N2O7P/c1-18-14-20(30)9-11-23(18)40-24-10-8-19(29(31,32)33)15-22(24)26(37)34-21-12-13-35(25(36)16-21)17-39-43(38,41-27(2,3)4)42-28(5,6)7/h8-16H,17H2,1-7H3,(H,34,37). The van der Waals surface area contributed by atoms with Crippen molar-refractivity contribution >= 4 is 19.4 Å². The number of phosphoric ester groups is 1. The summed E-state index contributed by atoms with van der Waals surface area (Å²) in [7, 11) is -4.14. The van der Waals surface area contributed by atoms with Gasteiger partial charge < -0.3 is 10.1 Å². The van der Waals surface area contributed by atoms with Crippen LogP contribution in [0.25, 0.3) is 0 Å². The molecule has 1 heterocycles. The molecule has 1 amide bonds. The lowest BCUT2D eigenvalue weighted by Crippen LogP contribution is -2.26. The van der Waals surface area contributed by atoms with Crippen molar-refractivity contribution in [3.8, 4) is 11.5 Å². The molecule has 0 fully saturated rings. The van der Waals surface area contributed by atoms with Crippen molar-refractivity contribution in [3.05, 3.63) is 87.6 Å². The zero-order valence-electron chi connectivity index (χ0n) is 24.7. The van der Waals surface area contributed by atoms with Gasteiger partial charge in [-0.15, -0.1) is 0 Å². The smallest absolute Gasteiger partial charge is 0.456 e. The maximum absolute atomic E-state index is 13.5. The number of alkyl halides is 3. The molecule has 0 saturated carbocycles. The first-order chi connectivity index (χ1) is 19.6. The van der Waals surface area contributed by atoms with E-state index in [1.54, 1.807) is 41.5 Å². The number of carbonyl (C=O) groups is 1. The minimum atomic E-state index is -4.76. The molecule has 2 aromatic carbocycles. The monoisotopic (exact) mass is 628 g/mol. The molecule has 14 heteroatoms. The van der Waals surface area contributed by atoms with Gasteiger partial charge in [0, 0.05) is 18.0 Å². The average molecular weight is 629 g/mol. The summed E-state index contributed by atoms with van der Waals surface area (Å²) in [6.07, 6.45) is -3.53. The number of hydrogen-bond acceptors (Lipinski definition) is 7. The van der Waals surface area contributed by atoms with E-state index < -0.39 is 60.3 Å². The molecule has 3 rings (SSSR count). The van der Waals surface area contributed by atoms with E-state index in [4.69, 9.17) is 18.3 Å². The highest BCUT2D eigenvalue weighted by molar-refractivity contribution is 7.48. The van der Waals surface area contributed by atoms with Crippen molar-refractivity contribution < 1.29 is 45.2 Å². The van der Waals surface area contributed by atoms with Crippen LogP contribution < -0.4 is 15.6 Å². The fourth-order valence-corrected chi connectivity index (χ4v) is 5.33. The second-order valence-electron chi connectivity index (χ2n) is 11.5. The molecule has 0 bridgehead atoms. The zero-order valence-corrected chi connectivity index (χ0v) is 25.6. The van der Waals surface area contributed by atoms with Crippen LogP contribution in [0, 0.1) is 12.7 Å². The molecule has 43 heavy (non-hydrogen) atoms. The molecule has 1 aromatic heterocycles. The van der Waals surface area contributed by atoms with Gasteiger partial charge in [-0.05, 0) is 96.5 Å². The molecule has 0 aliphatic rings. The number of rotatable bonds is 9. The minimum Gasteiger partial charge on any atom is -0.456 e. The fourth-order valence-electron chi connectivity index (χ4n) is 3.58. The lowest BCUT2D eigenvalue weighted by Gasteiger charge is -2.30. The summed E-state index contributed by atoms with van der Waals surface area (Å²) in [5, 5.41) is 2.38. The number of carbonyl (C=O) groups excluding carboxylic acids is 1. The van der Waals surface area contributed by atoms with E-state index in [-0.39, 0.29) is 17.2 Å². The Hall–Kier alpha value is -3.51. The Morgan fingerprint density at radius 1 is 0.907 bits per heavy atom. The number of benzene rings is 2. The highest BCUT2D eigenvalue weighted by atomic mass is 31.2. The quantitative estimate of drug-likeness (QED) is 0.189. The number of nitrogens with zero attached hydrogens (tertiary/aromatic N) is 1. The maximum atomic E-state index is 13.5. The first-order valence-corrected chi connectivity index (χ1v) is 14.4. The number of aromatic nitrogens is 1. The molecular weight excluding hydrogens is 595 g/mol. The third-order valence-corrected chi connectivity index (χ3v) is 7.26. The number of nitrogens with one attached hydrogen (secondary N) is 1. The van der Waals surface area contributed by atoms with Gasteiger partial charge in [0.1, 0.15) is 24.0 Å². The highest BCUT2D eigenvalue weighted by Crippen LogP contribution is 2.55. The first kappa shape index (κ1) is 34.0. The Kier molecular flexibility index (Phi) is 9.97. The summed E-state index contributed by atoms with van der Waals surface area (Å²) >= 11 is 0. The van der Waals surface area contributed by atoms with Crippen molar-refractivity contribution in [3.63, 3.8) is 0 Å². The number of hydrogen-bond donors (Lipinski definition) is 1. The van der Waals surface area contributed by atoms with E-state index in [1.807, 2.05) is 0 Å². The number of halogens is 4. The van der Waals surface area contributed by atoms with Gasteiger partial charge in [-0.3, -0.25) is 27.7 Å². The van der Waals surface area contributed by atoms with Crippen LogP contribution in [0.5, 0.6) is 11.5 Å². The Labute approximate surface area is 246 Å². The van der Waals surface area contributed by atoms with E-state index in [1.165, 1.54) is 31.3 Å².